The van der Waals surface area contributed by atoms with Gasteiger partial charge in [-0.15, -0.1) is 5.10 Å². The van der Waals surface area contributed by atoms with Gasteiger partial charge in [-0.05, 0) is 37.1 Å². The van der Waals surface area contributed by atoms with Gasteiger partial charge in [0.25, 0.3) is 5.91 Å². The molecule has 8 nitrogen and oxygen atoms in total. The molecule has 0 unspecified atom stereocenters. The van der Waals surface area contributed by atoms with Crippen molar-refractivity contribution in [2.45, 2.75) is 18.8 Å². The second-order valence-electron chi connectivity index (χ2n) is 5.87. The Balaban J connectivity index is 1.41. The predicted octanol–water partition coefficient (Wildman–Crippen LogP) is 1.94. The van der Waals surface area contributed by atoms with Crippen LogP contribution >= 0.6 is 0 Å². The van der Waals surface area contributed by atoms with Crippen molar-refractivity contribution in [3.05, 3.63) is 54.3 Å². The highest BCUT2D eigenvalue weighted by Gasteiger charge is 2.28. The number of likely N-dealkylation sites (tertiary alicyclic amines) is 1. The largest absolute Gasteiger partial charge is 0.339 e. The summed E-state index contributed by atoms with van der Waals surface area (Å²) in [7, 11) is 0. The van der Waals surface area contributed by atoms with Gasteiger partial charge >= 0.3 is 0 Å². The van der Waals surface area contributed by atoms with Gasteiger partial charge in [0.05, 0.1) is 0 Å². The van der Waals surface area contributed by atoms with E-state index < -0.39 is 0 Å². The quantitative estimate of drug-likeness (QED) is 0.721. The number of amides is 1. The molecule has 1 aliphatic heterocycles. The molecule has 1 aliphatic rings. The van der Waals surface area contributed by atoms with Gasteiger partial charge in [0.15, 0.2) is 0 Å². The average molecular weight is 336 g/mol. The van der Waals surface area contributed by atoms with Crippen LogP contribution in [0.5, 0.6) is 0 Å². The third-order valence-electron chi connectivity index (χ3n) is 4.30. The molecule has 0 aromatic carbocycles. The van der Waals surface area contributed by atoms with Crippen molar-refractivity contribution in [1.82, 2.24) is 30.2 Å². The van der Waals surface area contributed by atoms with Crippen LogP contribution in [0.15, 0.2) is 47.4 Å². The number of rotatable bonds is 3. The highest BCUT2D eigenvalue weighted by atomic mass is 16.5. The summed E-state index contributed by atoms with van der Waals surface area (Å²) in [6.07, 6.45) is 6.44. The summed E-state index contributed by atoms with van der Waals surface area (Å²) in [4.78, 5) is 22.7. The zero-order valence-corrected chi connectivity index (χ0v) is 13.4. The number of carbonyl (C=O) groups is 1. The van der Waals surface area contributed by atoms with Crippen LogP contribution in [0.3, 0.4) is 0 Å². The van der Waals surface area contributed by atoms with Gasteiger partial charge in [-0.25, -0.2) is 0 Å². The summed E-state index contributed by atoms with van der Waals surface area (Å²) in [5.41, 5.74) is 1.25. The summed E-state index contributed by atoms with van der Waals surface area (Å²) in [6, 6.07) is 7.04. The van der Waals surface area contributed by atoms with Crippen LogP contribution in [0.1, 0.15) is 35.0 Å². The number of piperidine rings is 1. The van der Waals surface area contributed by atoms with Crippen LogP contribution in [0.4, 0.5) is 0 Å². The van der Waals surface area contributed by atoms with E-state index in [0.29, 0.717) is 36.1 Å². The molecule has 0 radical (unpaired) electrons. The Morgan fingerprint density at radius 2 is 1.92 bits per heavy atom. The number of nitrogens with zero attached hydrogens (tertiary/aromatic N) is 6. The van der Waals surface area contributed by atoms with Gasteiger partial charge in [-0.3, -0.25) is 9.78 Å². The second-order valence-corrected chi connectivity index (χ2v) is 5.87. The first-order valence-electron chi connectivity index (χ1n) is 8.12. The van der Waals surface area contributed by atoms with Crippen LogP contribution < -0.4 is 0 Å². The Labute approximate surface area is 143 Å². The average Bonchev–Trinajstić information content (AvgIpc) is 3.19. The maximum atomic E-state index is 12.5. The van der Waals surface area contributed by atoms with E-state index in [1.54, 1.807) is 42.9 Å². The van der Waals surface area contributed by atoms with Gasteiger partial charge in [0, 0.05) is 43.2 Å². The summed E-state index contributed by atoms with van der Waals surface area (Å²) in [6.45, 7) is 1.32. The van der Waals surface area contributed by atoms with Gasteiger partial charge < -0.3 is 9.42 Å². The Morgan fingerprint density at radius 3 is 2.64 bits per heavy atom. The van der Waals surface area contributed by atoms with Crippen molar-refractivity contribution in [2.75, 3.05) is 13.1 Å². The lowest BCUT2D eigenvalue weighted by Crippen LogP contribution is -2.38. The number of carbonyl (C=O) groups excluding carboxylic acids is 1. The molecule has 3 aromatic rings. The van der Waals surface area contributed by atoms with E-state index in [0.717, 1.165) is 12.8 Å². The first kappa shape index (κ1) is 15.4. The molecule has 126 valence electrons. The lowest BCUT2D eigenvalue weighted by atomic mass is 9.96. The number of aromatic nitrogens is 5. The molecule has 0 spiro atoms. The highest BCUT2D eigenvalue weighted by Crippen LogP contribution is 2.28. The fraction of sp³-hybridized carbons (Fsp3) is 0.294. The van der Waals surface area contributed by atoms with E-state index in [9.17, 15) is 4.79 Å². The molecule has 0 N–H and O–H groups in total. The van der Waals surface area contributed by atoms with E-state index in [1.807, 2.05) is 4.90 Å². The molecule has 4 rings (SSSR count). The first-order valence-corrected chi connectivity index (χ1v) is 8.12. The molecule has 8 heteroatoms. The highest BCUT2D eigenvalue weighted by molar-refractivity contribution is 5.94. The lowest BCUT2D eigenvalue weighted by molar-refractivity contribution is 0.0704. The molecular formula is C17H16N6O2. The summed E-state index contributed by atoms with van der Waals surface area (Å²) in [5.74, 6) is 1.22. The van der Waals surface area contributed by atoms with E-state index in [4.69, 9.17) is 4.52 Å². The van der Waals surface area contributed by atoms with Crippen molar-refractivity contribution in [1.29, 1.82) is 0 Å². The Morgan fingerprint density at radius 1 is 1.12 bits per heavy atom. The molecule has 0 bridgehead atoms. The van der Waals surface area contributed by atoms with Gasteiger partial charge in [-0.2, -0.15) is 10.1 Å². The smallest absolute Gasteiger partial charge is 0.253 e. The van der Waals surface area contributed by atoms with Gasteiger partial charge in [0.1, 0.15) is 5.69 Å². The topological polar surface area (TPSA) is 97.9 Å². The molecule has 0 aliphatic carbocycles. The summed E-state index contributed by atoms with van der Waals surface area (Å²) >= 11 is 0. The Kier molecular flexibility index (Phi) is 4.16. The molecular weight excluding hydrogens is 320 g/mol. The van der Waals surface area contributed by atoms with Crippen LogP contribution in [-0.4, -0.2) is 49.2 Å². The van der Waals surface area contributed by atoms with E-state index in [2.05, 4.69) is 25.3 Å². The number of hydrogen-bond donors (Lipinski definition) is 0. The Bertz CT molecular complexity index is 844. The van der Waals surface area contributed by atoms with Crippen molar-refractivity contribution in [2.24, 2.45) is 0 Å². The number of hydrogen-bond acceptors (Lipinski definition) is 7. The first-order chi connectivity index (χ1) is 12.3. The lowest BCUT2D eigenvalue weighted by Gasteiger charge is -2.30. The zero-order valence-electron chi connectivity index (χ0n) is 13.4. The maximum Gasteiger partial charge on any atom is 0.253 e. The second kappa shape index (κ2) is 6.76. The minimum absolute atomic E-state index is 0.0339. The molecule has 4 heterocycles. The van der Waals surface area contributed by atoms with E-state index in [1.165, 1.54) is 0 Å². The molecule has 0 atom stereocenters. The van der Waals surface area contributed by atoms with Crippen molar-refractivity contribution < 1.29 is 9.32 Å². The predicted molar refractivity (Wildman–Crippen MR) is 87.4 cm³/mol. The van der Waals surface area contributed by atoms with Crippen molar-refractivity contribution in [3.63, 3.8) is 0 Å². The van der Waals surface area contributed by atoms with Crippen molar-refractivity contribution in [3.8, 4) is 11.5 Å². The van der Waals surface area contributed by atoms with Gasteiger partial charge in [-0.1, -0.05) is 5.16 Å². The van der Waals surface area contributed by atoms with E-state index in [-0.39, 0.29) is 11.8 Å². The SMILES string of the molecule is O=C(c1ccncc1)N1CCC(c2nc(-c3cccnn3)no2)CC1. The van der Waals surface area contributed by atoms with Crippen LogP contribution in [0.25, 0.3) is 11.5 Å². The van der Waals surface area contributed by atoms with Crippen LogP contribution in [0.2, 0.25) is 0 Å². The van der Waals surface area contributed by atoms with Crippen molar-refractivity contribution >= 4 is 5.91 Å². The molecule has 0 saturated carbocycles. The molecule has 1 fully saturated rings. The van der Waals surface area contributed by atoms with Crippen LogP contribution in [-0.2, 0) is 0 Å². The van der Waals surface area contributed by atoms with Gasteiger partial charge in [0.2, 0.25) is 11.7 Å². The summed E-state index contributed by atoms with van der Waals surface area (Å²) < 4.78 is 5.40. The Hall–Kier alpha value is -3.16. The third-order valence-corrected chi connectivity index (χ3v) is 4.30. The fourth-order valence-corrected chi connectivity index (χ4v) is 2.93. The molecule has 25 heavy (non-hydrogen) atoms. The zero-order chi connectivity index (χ0) is 17.1. The van der Waals surface area contributed by atoms with E-state index >= 15 is 0 Å². The molecule has 1 amide bonds. The monoisotopic (exact) mass is 336 g/mol. The minimum atomic E-state index is 0.0339. The minimum Gasteiger partial charge on any atom is -0.339 e. The van der Waals surface area contributed by atoms with Crippen LogP contribution in [0, 0.1) is 0 Å². The normalized spacial score (nSPS) is 15.3. The standard InChI is InChI=1S/C17H16N6O2/c24-17(13-3-8-18-9-4-13)23-10-5-12(6-11-23)16-20-15(22-25-16)14-2-1-7-19-21-14/h1-4,7-9,12H,5-6,10-11H2. The summed E-state index contributed by atoms with van der Waals surface area (Å²) in [5, 5.41) is 11.8. The maximum absolute atomic E-state index is 12.5. The number of pyridine rings is 1. The molecule has 1 saturated heterocycles. The molecule has 3 aromatic heterocycles. The third kappa shape index (κ3) is 3.23. The fourth-order valence-electron chi connectivity index (χ4n) is 2.93.